The summed E-state index contributed by atoms with van der Waals surface area (Å²) in [5, 5.41) is 5.42. The van der Waals surface area contributed by atoms with Gasteiger partial charge in [-0.15, -0.1) is 0 Å². The van der Waals surface area contributed by atoms with Gasteiger partial charge in [0.05, 0.1) is 11.1 Å². The Labute approximate surface area is 299 Å². The van der Waals surface area contributed by atoms with Gasteiger partial charge in [-0.1, -0.05) is 12.1 Å². The van der Waals surface area contributed by atoms with Gasteiger partial charge in [-0.25, -0.2) is 14.2 Å². The summed E-state index contributed by atoms with van der Waals surface area (Å²) < 4.78 is 27.1. The third-order valence-electron chi connectivity index (χ3n) is 8.61. The van der Waals surface area contributed by atoms with Crippen LogP contribution in [0.25, 0.3) is 0 Å². The van der Waals surface area contributed by atoms with Gasteiger partial charge in [-0.3, -0.25) is 19.3 Å². The Morgan fingerprint density at radius 1 is 0.980 bits per heavy atom. The summed E-state index contributed by atoms with van der Waals surface area (Å²) in [6.07, 6.45) is 0.315. The molecule has 1 aliphatic heterocycles. The number of halogens is 1. The lowest BCUT2D eigenvalue weighted by atomic mass is 10.0. The quantitative estimate of drug-likeness (QED) is 0.298. The molecule has 2 heterocycles. The number of nitrogens with zero attached hydrogens (tertiary/aromatic N) is 4. The van der Waals surface area contributed by atoms with Crippen LogP contribution < -0.4 is 15.4 Å². The maximum atomic E-state index is 14.9. The zero-order valence-electron chi connectivity index (χ0n) is 31.1. The number of aryl methyl sites for hydroxylation is 3. The second-order valence-corrected chi connectivity index (χ2v) is 14.2. The molecule has 4 rings (SSSR count). The number of aromatic nitrogens is 1. The molecule has 2 atom stereocenters. The number of nitrogens with one attached hydrogen (secondary N) is 2. The topological polar surface area (TPSA) is 133 Å². The van der Waals surface area contributed by atoms with Crippen LogP contribution in [0.2, 0.25) is 0 Å². The minimum Gasteiger partial charge on any atom is -0.484 e. The van der Waals surface area contributed by atoms with E-state index in [1.165, 1.54) is 30.3 Å². The van der Waals surface area contributed by atoms with Crippen LogP contribution in [0.3, 0.4) is 0 Å². The molecule has 0 radical (unpaired) electrons. The smallest absolute Gasteiger partial charge is 0.410 e. The molecule has 0 saturated carbocycles. The summed E-state index contributed by atoms with van der Waals surface area (Å²) in [5.41, 5.74) is 2.28. The molecule has 0 spiro atoms. The van der Waals surface area contributed by atoms with Crippen molar-refractivity contribution in [2.45, 2.75) is 66.2 Å². The van der Waals surface area contributed by atoms with E-state index < -0.39 is 23.5 Å². The number of anilines is 1. The summed E-state index contributed by atoms with van der Waals surface area (Å²) >= 11 is 0. The third-order valence-corrected chi connectivity index (χ3v) is 8.61. The van der Waals surface area contributed by atoms with Crippen molar-refractivity contribution in [3.63, 3.8) is 0 Å². The largest absolute Gasteiger partial charge is 0.484 e. The number of piperazine rings is 1. The van der Waals surface area contributed by atoms with Crippen LogP contribution in [0.4, 0.5) is 15.0 Å². The van der Waals surface area contributed by atoms with Gasteiger partial charge in [0, 0.05) is 65.1 Å². The van der Waals surface area contributed by atoms with Gasteiger partial charge < -0.3 is 29.9 Å². The number of carbonyl (C=O) groups is 4. The fourth-order valence-corrected chi connectivity index (χ4v) is 5.79. The molecule has 3 aromatic rings. The third kappa shape index (κ3) is 9.60. The summed E-state index contributed by atoms with van der Waals surface area (Å²) in [4.78, 5) is 61.6. The molecule has 0 aliphatic carbocycles. The van der Waals surface area contributed by atoms with E-state index in [0.29, 0.717) is 54.0 Å². The maximum absolute atomic E-state index is 14.9. The zero-order chi connectivity index (χ0) is 37.8. The molecular formula is C38H49FN6O6. The molecule has 0 unspecified atom stereocenters. The van der Waals surface area contributed by atoms with Crippen LogP contribution in [-0.2, 0) is 4.74 Å². The molecule has 0 bridgehead atoms. The van der Waals surface area contributed by atoms with E-state index in [4.69, 9.17) is 9.47 Å². The molecule has 1 aromatic heterocycles. The lowest BCUT2D eigenvalue weighted by Crippen LogP contribution is -2.55. The predicted octanol–water partition coefficient (Wildman–Crippen LogP) is 5.52. The molecule has 2 aromatic carbocycles. The number of hydrogen-bond acceptors (Lipinski definition) is 8. The van der Waals surface area contributed by atoms with Crippen LogP contribution in [0.1, 0.15) is 87.1 Å². The number of benzene rings is 2. The van der Waals surface area contributed by atoms with Crippen molar-refractivity contribution >= 4 is 29.6 Å². The standard InChI is InChI=1S/C38H49FN6O6/c1-22-11-12-26(17-30(22)39)32(21-44-13-14-45(25(4)20-44)37(49)51-38(5,6)7)50-31-16-23(2)28(18-29(31)34(46)40-8)35(47)42-33-24(3)15-27(19-41-33)36(48)43(9)10/h11-12,15-19,25,32H,13-14,20-21H2,1-10H3,(H,40,46)(H,41,42,47)/t25-,32-/m1/s1. The van der Waals surface area contributed by atoms with Gasteiger partial charge in [0.2, 0.25) is 0 Å². The number of hydrogen-bond donors (Lipinski definition) is 2. The highest BCUT2D eigenvalue weighted by Crippen LogP contribution is 2.31. The molecule has 12 nitrogen and oxygen atoms in total. The Kier molecular flexibility index (Phi) is 12.1. The van der Waals surface area contributed by atoms with E-state index in [1.54, 1.807) is 64.0 Å². The number of carbonyl (C=O) groups excluding carboxylic acids is 4. The van der Waals surface area contributed by atoms with E-state index in [0.717, 1.165) is 0 Å². The summed E-state index contributed by atoms with van der Waals surface area (Å²) in [5.74, 6) is -1.08. The maximum Gasteiger partial charge on any atom is 0.410 e. The molecule has 1 aliphatic rings. The Hall–Kier alpha value is -5.04. The van der Waals surface area contributed by atoms with E-state index >= 15 is 0 Å². The van der Waals surface area contributed by atoms with Crippen LogP contribution >= 0.6 is 0 Å². The Morgan fingerprint density at radius 3 is 2.27 bits per heavy atom. The monoisotopic (exact) mass is 704 g/mol. The van der Waals surface area contributed by atoms with E-state index in [-0.39, 0.29) is 46.6 Å². The van der Waals surface area contributed by atoms with Crippen molar-refractivity contribution in [2.24, 2.45) is 0 Å². The zero-order valence-corrected chi connectivity index (χ0v) is 31.1. The van der Waals surface area contributed by atoms with E-state index in [2.05, 4.69) is 20.5 Å². The number of rotatable bonds is 9. The molecule has 13 heteroatoms. The SMILES string of the molecule is CNC(=O)c1cc(C(=O)Nc2ncc(C(=O)N(C)C)cc2C)c(C)cc1O[C@H](CN1CCN(C(=O)OC(C)(C)C)[C@H](C)C1)c1ccc(C)c(F)c1. The number of ether oxygens (including phenoxy) is 2. The summed E-state index contributed by atoms with van der Waals surface area (Å²) in [7, 11) is 4.77. The molecule has 1 saturated heterocycles. The lowest BCUT2D eigenvalue weighted by Gasteiger charge is -2.41. The Balaban J connectivity index is 1.63. The van der Waals surface area contributed by atoms with Gasteiger partial charge >= 0.3 is 6.09 Å². The Bertz CT molecular complexity index is 1810. The first-order valence-corrected chi connectivity index (χ1v) is 16.9. The summed E-state index contributed by atoms with van der Waals surface area (Å²) in [6.45, 7) is 14.4. The van der Waals surface area contributed by atoms with Crippen molar-refractivity contribution in [3.05, 3.63) is 87.4 Å². The van der Waals surface area contributed by atoms with Gasteiger partial charge in [0.25, 0.3) is 17.7 Å². The van der Waals surface area contributed by atoms with E-state index in [9.17, 15) is 23.6 Å². The first kappa shape index (κ1) is 38.8. The number of pyridine rings is 1. The highest BCUT2D eigenvalue weighted by atomic mass is 19.1. The minimum atomic E-state index is -0.710. The first-order valence-electron chi connectivity index (χ1n) is 16.9. The van der Waals surface area contributed by atoms with Gasteiger partial charge in [0.1, 0.15) is 29.1 Å². The molecule has 274 valence electrons. The van der Waals surface area contributed by atoms with Crippen LogP contribution in [0, 0.1) is 26.6 Å². The molecular weight excluding hydrogens is 655 g/mol. The van der Waals surface area contributed by atoms with Gasteiger partial charge in [0.15, 0.2) is 0 Å². The molecule has 4 amide bonds. The lowest BCUT2D eigenvalue weighted by molar-refractivity contribution is -0.00301. The second kappa shape index (κ2) is 15.9. The normalized spacial score (nSPS) is 15.5. The molecule has 2 N–H and O–H groups in total. The molecule has 1 fully saturated rings. The average molecular weight is 705 g/mol. The van der Waals surface area contributed by atoms with Crippen molar-refractivity contribution < 1.29 is 33.0 Å². The predicted molar refractivity (Wildman–Crippen MR) is 193 cm³/mol. The minimum absolute atomic E-state index is 0.116. The van der Waals surface area contributed by atoms with Crippen molar-refractivity contribution in [3.8, 4) is 5.75 Å². The average Bonchev–Trinajstić information content (AvgIpc) is 3.05. The van der Waals surface area contributed by atoms with Crippen LogP contribution in [0.5, 0.6) is 5.75 Å². The molecule has 51 heavy (non-hydrogen) atoms. The van der Waals surface area contributed by atoms with Crippen molar-refractivity contribution in [1.82, 2.24) is 25.0 Å². The highest BCUT2D eigenvalue weighted by molar-refractivity contribution is 6.08. The van der Waals surface area contributed by atoms with Crippen LogP contribution in [0.15, 0.2) is 42.6 Å². The summed E-state index contributed by atoms with van der Waals surface area (Å²) in [6, 6.07) is 9.49. The fourth-order valence-electron chi connectivity index (χ4n) is 5.79. The van der Waals surface area contributed by atoms with E-state index in [1.807, 2.05) is 27.7 Å². The van der Waals surface area contributed by atoms with Crippen molar-refractivity contribution in [1.29, 1.82) is 0 Å². The van der Waals surface area contributed by atoms with Gasteiger partial charge in [-0.2, -0.15) is 0 Å². The number of amides is 4. The van der Waals surface area contributed by atoms with Crippen LogP contribution in [-0.4, -0.2) is 102 Å². The highest BCUT2D eigenvalue weighted by Gasteiger charge is 2.33. The van der Waals surface area contributed by atoms with Gasteiger partial charge in [-0.05, 0) is 95.0 Å². The second-order valence-electron chi connectivity index (χ2n) is 14.2. The Morgan fingerprint density at radius 2 is 1.69 bits per heavy atom. The first-order chi connectivity index (χ1) is 23.9. The van der Waals surface area contributed by atoms with Crippen molar-refractivity contribution in [2.75, 3.05) is 52.6 Å². The fraction of sp³-hybridized carbons (Fsp3) is 0.447.